The molecule has 0 aliphatic heterocycles. The second-order valence-electron chi connectivity index (χ2n) is 3.74. The Hall–Kier alpha value is -2.19. The molecule has 104 valence electrons. The molecule has 20 heavy (non-hydrogen) atoms. The second kappa shape index (κ2) is 5.43. The standard InChI is InChI=1S/C11H7ClN2O5S/c1-5-2-3-6(14(17)18)7(4-5)19-11-13-9(12)8(20-11)10(15)16/h2-4H,1H3,(H,15,16). The number of halogens is 1. The van der Waals surface area contributed by atoms with Gasteiger partial charge in [-0.15, -0.1) is 0 Å². The highest BCUT2D eigenvalue weighted by Gasteiger charge is 2.21. The Morgan fingerprint density at radius 3 is 2.80 bits per heavy atom. The Morgan fingerprint density at radius 2 is 2.25 bits per heavy atom. The lowest BCUT2D eigenvalue weighted by molar-refractivity contribution is -0.385. The van der Waals surface area contributed by atoms with Crippen LogP contribution in [0.1, 0.15) is 15.2 Å². The molecule has 7 nitrogen and oxygen atoms in total. The van der Waals surface area contributed by atoms with Crippen molar-refractivity contribution < 1.29 is 19.6 Å². The highest BCUT2D eigenvalue weighted by Crippen LogP contribution is 2.36. The van der Waals surface area contributed by atoms with Gasteiger partial charge in [-0.05, 0) is 18.6 Å². The molecule has 0 saturated carbocycles. The summed E-state index contributed by atoms with van der Waals surface area (Å²) in [5.41, 5.74) is 0.519. The van der Waals surface area contributed by atoms with E-state index in [1.54, 1.807) is 13.0 Å². The minimum Gasteiger partial charge on any atom is -0.477 e. The summed E-state index contributed by atoms with van der Waals surface area (Å²) < 4.78 is 5.28. The molecule has 0 fully saturated rings. The van der Waals surface area contributed by atoms with E-state index in [1.165, 1.54) is 12.1 Å². The van der Waals surface area contributed by atoms with Gasteiger partial charge in [-0.1, -0.05) is 29.0 Å². The van der Waals surface area contributed by atoms with E-state index >= 15 is 0 Å². The van der Waals surface area contributed by atoms with Crippen LogP contribution in [0.5, 0.6) is 10.9 Å². The number of thiazole rings is 1. The smallest absolute Gasteiger partial charge is 0.349 e. The number of carboxylic acid groups (broad SMARTS) is 1. The predicted octanol–water partition coefficient (Wildman–Crippen LogP) is 3.50. The normalized spacial score (nSPS) is 10.3. The zero-order chi connectivity index (χ0) is 14.9. The fourth-order valence-electron chi connectivity index (χ4n) is 1.41. The minimum absolute atomic E-state index is 0.0163. The van der Waals surface area contributed by atoms with Gasteiger partial charge in [0.25, 0.3) is 5.19 Å². The lowest BCUT2D eigenvalue weighted by Gasteiger charge is -2.03. The lowest BCUT2D eigenvalue weighted by Crippen LogP contribution is -1.93. The predicted molar refractivity (Wildman–Crippen MR) is 72.0 cm³/mol. The van der Waals surface area contributed by atoms with E-state index in [2.05, 4.69) is 4.98 Å². The SMILES string of the molecule is Cc1ccc([N+](=O)[O-])c(Oc2nc(Cl)c(C(=O)O)s2)c1. The number of aromatic carboxylic acids is 1. The number of aromatic nitrogens is 1. The van der Waals surface area contributed by atoms with Crippen LogP contribution in [0.3, 0.4) is 0 Å². The maximum Gasteiger partial charge on any atom is 0.349 e. The zero-order valence-electron chi connectivity index (χ0n) is 9.99. The molecule has 0 saturated heterocycles. The molecule has 1 heterocycles. The molecule has 0 aliphatic carbocycles. The van der Waals surface area contributed by atoms with E-state index in [9.17, 15) is 14.9 Å². The summed E-state index contributed by atoms with van der Waals surface area (Å²) in [5, 5.41) is 19.5. The average Bonchev–Trinajstić information content (AvgIpc) is 2.70. The average molecular weight is 315 g/mol. The molecule has 0 spiro atoms. The Bertz CT molecular complexity index is 700. The van der Waals surface area contributed by atoms with Gasteiger partial charge < -0.3 is 9.84 Å². The molecule has 9 heteroatoms. The number of aryl methyl sites for hydroxylation is 1. The first kappa shape index (κ1) is 14.2. The van der Waals surface area contributed by atoms with Gasteiger partial charge in [0.05, 0.1) is 4.92 Å². The Kier molecular flexibility index (Phi) is 3.86. The fourth-order valence-corrected chi connectivity index (χ4v) is 2.39. The third-order valence-electron chi connectivity index (χ3n) is 2.27. The quantitative estimate of drug-likeness (QED) is 0.684. The number of nitro benzene ring substituents is 1. The van der Waals surface area contributed by atoms with Crippen LogP contribution in [0, 0.1) is 17.0 Å². The molecule has 2 rings (SSSR count). The summed E-state index contributed by atoms with van der Waals surface area (Å²) in [5.74, 6) is -1.25. The largest absolute Gasteiger partial charge is 0.477 e. The van der Waals surface area contributed by atoms with Crippen LogP contribution >= 0.6 is 22.9 Å². The highest BCUT2D eigenvalue weighted by molar-refractivity contribution is 7.15. The highest BCUT2D eigenvalue weighted by atomic mass is 35.5. The molecule has 0 bridgehead atoms. The van der Waals surface area contributed by atoms with E-state index in [0.717, 1.165) is 5.56 Å². The van der Waals surface area contributed by atoms with Gasteiger partial charge in [0, 0.05) is 6.07 Å². The Labute approximate surface area is 121 Å². The molecule has 0 radical (unpaired) electrons. The molecule has 0 amide bonds. The molecular weight excluding hydrogens is 308 g/mol. The fraction of sp³-hybridized carbons (Fsp3) is 0.0909. The van der Waals surface area contributed by atoms with Crippen molar-refractivity contribution in [1.82, 2.24) is 4.98 Å². The topological polar surface area (TPSA) is 103 Å². The molecule has 1 N–H and O–H groups in total. The van der Waals surface area contributed by atoms with Gasteiger partial charge in [0.15, 0.2) is 10.0 Å². The van der Waals surface area contributed by atoms with Crippen LogP contribution in [-0.2, 0) is 0 Å². The van der Waals surface area contributed by atoms with Crippen molar-refractivity contribution in [3.8, 4) is 10.9 Å². The number of nitrogens with zero attached hydrogens (tertiary/aromatic N) is 2. The zero-order valence-corrected chi connectivity index (χ0v) is 11.6. The van der Waals surface area contributed by atoms with Crippen molar-refractivity contribution in [2.24, 2.45) is 0 Å². The third-order valence-corrected chi connectivity index (χ3v) is 3.58. The van der Waals surface area contributed by atoms with E-state index in [4.69, 9.17) is 21.4 Å². The van der Waals surface area contributed by atoms with E-state index < -0.39 is 10.9 Å². The van der Waals surface area contributed by atoms with Crippen LogP contribution in [0.25, 0.3) is 0 Å². The molecule has 2 aromatic rings. The van der Waals surface area contributed by atoms with Crippen LogP contribution in [0.15, 0.2) is 18.2 Å². The molecule has 1 aromatic heterocycles. The van der Waals surface area contributed by atoms with Crippen molar-refractivity contribution in [2.75, 3.05) is 0 Å². The number of carboxylic acids is 1. The van der Waals surface area contributed by atoms with Gasteiger partial charge in [-0.2, -0.15) is 4.98 Å². The molecule has 0 unspecified atom stereocenters. The first-order chi connectivity index (χ1) is 9.38. The maximum atomic E-state index is 10.9. The summed E-state index contributed by atoms with van der Waals surface area (Å²) in [6.07, 6.45) is 0. The Balaban J connectivity index is 2.39. The van der Waals surface area contributed by atoms with Gasteiger partial charge >= 0.3 is 11.7 Å². The molecule has 1 aromatic carbocycles. The number of hydrogen-bond donors (Lipinski definition) is 1. The third kappa shape index (κ3) is 2.86. The van der Waals surface area contributed by atoms with Crippen molar-refractivity contribution in [3.05, 3.63) is 43.9 Å². The van der Waals surface area contributed by atoms with Gasteiger partial charge in [-0.25, -0.2) is 4.79 Å². The number of hydrogen-bond acceptors (Lipinski definition) is 6. The van der Waals surface area contributed by atoms with E-state index in [1.807, 2.05) is 0 Å². The minimum atomic E-state index is -1.24. The molecular formula is C11H7ClN2O5S. The molecule has 0 atom stereocenters. The summed E-state index contributed by atoms with van der Waals surface area (Å²) in [6, 6.07) is 4.34. The van der Waals surface area contributed by atoms with Gasteiger partial charge in [-0.3, -0.25) is 10.1 Å². The van der Waals surface area contributed by atoms with Crippen molar-refractivity contribution >= 4 is 34.6 Å². The van der Waals surface area contributed by atoms with Crippen LogP contribution < -0.4 is 4.74 Å². The maximum absolute atomic E-state index is 10.9. The Morgan fingerprint density at radius 1 is 1.55 bits per heavy atom. The number of carbonyl (C=O) groups is 1. The lowest BCUT2D eigenvalue weighted by atomic mass is 10.2. The van der Waals surface area contributed by atoms with Crippen molar-refractivity contribution in [3.63, 3.8) is 0 Å². The summed E-state index contributed by atoms with van der Waals surface area (Å²) >= 11 is 6.35. The van der Waals surface area contributed by atoms with E-state index in [0.29, 0.717) is 11.3 Å². The van der Waals surface area contributed by atoms with Crippen molar-refractivity contribution in [2.45, 2.75) is 6.92 Å². The molecule has 0 aliphatic rings. The second-order valence-corrected chi connectivity index (χ2v) is 5.05. The van der Waals surface area contributed by atoms with E-state index in [-0.39, 0.29) is 26.7 Å². The summed E-state index contributed by atoms with van der Waals surface area (Å²) in [4.78, 5) is 24.7. The number of nitro groups is 1. The first-order valence-corrected chi connectivity index (χ1v) is 6.40. The summed E-state index contributed by atoms with van der Waals surface area (Å²) in [6.45, 7) is 1.74. The van der Waals surface area contributed by atoms with Crippen molar-refractivity contribution in [1.29, 1.82) is 0 Å². The monoisotopic (exact) mass is 314 g/mol. The van der Waals surface area contributed by atoms with Crippen LogP contribution in [0.2, 0.25) is 5.15 Å². The first-order valence-electron chi connectivity index (χ1n) is 5.21. The number of ether oxygens (including phenoxy) is 1. The van der Waals surface area contributed by atoms with Gasteiger partial charge in [0.1, 0.15) is 0 Å². The van der Waals surface area contributed by atoms with Crippen LogP contribution in [-0.4, -0.2) is 21.0 Å². The summed E-state index contributed by atoms with van der Waals surface area (Å²) in [7, 11) is 0. The number of rotatable bonds is 4. The van der Waals surface area contributed by atoms with Crippen LogP contribution in [0.4, 0.5) is 5.69 Å². The number of benzene rings is 1. The van der Waals surface area contributed by atoms with Gasteiger partial charge in [0.2, 0.25) is 5.75 Å².